The number of fused-ring (bicyclic) bond motifs is 1. The maximum Gasteiger partial charge on any atom is 0.420 e. The SMILES string of the molecule is O=C(Oc1ccccc1)N1c2ccc(Br)cc2C=C[C@H]1/C=C/c1ccccc1. The highest BCUT2D eigenvalue weighted by Gasteiger charge is 2.28. The number of anilines is 1. The first-order valence-corrected chi connectivity index (χ1v) is 9.77. The highest BCUT2D eigenvalue weighted by atomic mass is 79.9. The second kappa shape index (κ2) is 8.28. The smallest absolute Gasteiger partial charge is 0.410 e. The van der Waals surface area contributed by atoms with E-state index in [0.717, 1.165) is 21.3 Å². The summed E-state index contributed by atoms with van der Waals surface area (Å²) in [5.74, 6) is 0.520. The summed E-state index contributed by atoms with van der Waals surface area (Å²) in [7, 11) is 0. The molecule has 4 rings (SSSR count). The molecule has 0 saturated carbocycles. The average Bonchev–Trinajstić information content (AvgIpc) is 2.73. The number of amides is 1. The van der Waals surface area contributed by atoms with Gasteiger partial charge in [-0.05, 0) is 41.5 Å². The van der Waals surface area contributed by atoms with E-state index < -0.39 is 6.09 Å². The molecule has 1 aliphatic rings. The minimum Gasteiger partial charge on any atom is -0.410 e. The Kier molecular flexibility index (Phi) is 5.40. The van der Waals surface area contributed by atoms with Crippen LogP contribution in [0.1, 0.15) is 11.1 Å². The van der Waals surface area contributed by atoms with Crippen LogP contribution in [0.5, 0.6) is 5.75 Å². The zero-order chi connectivity index (χ0) is 19.3. The van der Waals surface area contributed by atoms with Crippen molar-refractivity contribution < 1.29 is 9.53 Å². The number of hydrogen-bond donors (Lipinski definition) is 0. The summed E-state index contributed by atoms with van der Waals surface area (Å²) in [4.78, 5) is 14.7. The first-order chi connectivity index (χ1) is 13.7. The van der Waals surface area contributed by atoms with E-state index in [1.807, 2.05) is 91.0 Å². The summed E-state index contributed by atoms with van der Waals surface area (Å²) in [5, 5.41) is 0. The fourth-order valence-corrected chi connectivity index (χ4v) is 3.49. The first kappa shape index (κ1) is 18.3. The Morgan fingerprint density at radius 3 is 2.43 bits per heavy atom. The molecule has 4 heteroatoms. The number of hydrogen-bond acceptors (Lipinski definition) is 2. The van der Waals surface area contributed by atoms with Gasteiger partial charge in [-0.15, -0.1) is 0 Å². The number of carbonyl (C=O) groups excluding carboxylic acids is 1. The lowest BCUT2D eigenvalue weighted by Gasteiger charge is -2.31. The van der Waals surface area contributed by atoms with Crippen LogP contribution in [0.2, 0.25) is 0 Å². The zero-order valence-electron chi connectivity index (χ0n) is 15.0. The zero-order valence-corrected chi connectivity index (χ0v) is 16.6. The number of para-hydroxylation sites is 1. The van der Waals surface area contributed by atoms with Crippen LogP contribution in [0, 0.1) is 0 Å². The summed E-state index contributed by atoms with van der Waals surface area (Å²) in [6.45, 7) is 0. The van der Waals surface area contributed by atoms with Crippen molar-refractivity contribution in [2.75, 3.05) is 4.90 Å². The molecule has 3 aromatic rings. The van der Waals surface area contributed by atoms with Crippen LogP contribution in [0.4, 0.5) is 10.5 Å². The Labute approximate surface area is 172 Å². The molecule has 1 atom stereocenters. The largest absolute Gasteiger partial charge is 0.420 e. The van der Waals surface area contributed by atoms with Gasteiger partial charge in [-0.1, -0.05) is 88.8 Å². The van der Waals surface area contributed by atoms with Gasteiger partial charge in [0.05, 0.1) is 11.7 Å². The molecule has 138 valence electrons. The fourth-order valence-electron chi connectivity index (χ4n) is 3.11. The second-order valence-corrected chi connectivity index (χ2v) is 7.29. The van der Waals surface area contributed by atoms with Gasteiger partial charge >= 0.3 is 6.09 Å². The van der Waals surface area contributed by atoms with E-state index in [1.165, 1.54) is 0 Å². The standard InChI is InChI=1S/C24H18BrNO2/c25-20-13-16-23-19(17-20)12-15-21(14-11-18-7-3-1-4-8-18)26(23)24(27)28-22-9-5-2-6-10-22/h1-17,21H/b14-11+/t21-/m1/s1. The fraction of sp³-hybridized carbons (Fsp3) is 0.0417. The molecule has 0 bridgehead atoms. The molecule has 0 fully saturated rings. The normalized spacial score (nSPS) is 15.5. The van der Waals surface area contributed by atoms with Crippen molar-refractivity contribution in [2.24, 2.45) is 0 Å². The van der Waals surface area contributed by atoms with E-state index in [0.29, 0.717) is 5.75 Å². The first-order valence-electron chi connectivity index (χ1n) is 8.98. The molecule has 0 aliphatic carbocycles. The van der Waals surface area contributed by atoms with Gasteiger partial charge in [0, 0.05) is 4.47 Å². The van der Waals surface area contributed by atoms with Crippen molar-refractivity contribution in [2.45, 2.75) is 6.04 Å². The Morgan fingerprint density at radius 2 is 1.68 bits per heavy atom. The van der Waals surface area contributed by atoms with Crippen LogP contribution in [-0.4, -0.2) is 12.1 Å². The summed E-state index contributed by atoms with van der Waals surface area (Å²) in [6, 6.07) is 24.7. The molecule has 0 unspecified atom stereocenters. The van der Waals surface area contributed by atoms with Crippen LogP contribution in [0.3, 0.4) is 0 Å². The number of halogens is 1. The lowest BCUT2D eigenvalue weighted by Crippen LogP contribution is -2.42. The van der Waals surface area contributed by atoms with Gasteiger partial charge in [-0.25, -0.2) is 4.79 Å². The average molecular weight is 432 g/mol. The van der Waals surface area contributed by atoms with Gasteiger partial charge < -0.3 is 4.74 Å². The molecule has 1 heterocycles. The maximum absolute atomic E-state index is 13.1. The van der Waals surface area contributed by atoms with Crippen LogP contribution in [0.15, 0.2) is 95.5 Å². The van der Waals surface area contributed by atoms with E-state index >= 15 is 0 Å². The van der Waals surface area contributed by atoms with Crippen molar-refractivity contribution >= 4 is 39.9 Å². The Hall–Kier alpha value is -3.11. The van der Waals surface area contributed by atoms with E-state index in [9.17, 15) is 4.79 Å². The number of carbonyl (C=O) groups is 1. The third kappa shape index (κ3) is 4.07. The van der Waals surface area contributed by atoms with Crippen LogP contribution in [-0.2, 0) is 0 Å². The molecule has 3 nitrogen and oxygen atoms in total. The third-order valence-corrected chi connectivity index (χ3v) is 4.94. The lowest BCUT2D eigenvalue weighted by molar-refractivity contribution is 0.207. The Balaban J connectivity index is 1.67. The molecule has 1 aliphatic heterocycles. The predicted octanol–water partition coefficient (Wildman–Crippen LogP) is 6.56. The van der Waals surface area contributed by atoms with Crippen molar-refractivity contribution in [3.05, 3.63) is 107 Å². The van der Waals surface area contributed by atoms with E-state index in [4.69, 9.17) is 4.74 Å². The van der Waals surface area contributed by atoms with Gasteiger partial charge in [0.2, 0.25) is 0 Å². The summed E-state index contributed by atoms with van der Waals surface area (Å²) in [5.41, 5.74) is 2.85. The van der Waals surface area contributed by atoms with Crippen molar-refractivity contribution in [1.29, 1.82) is 0 Å². The van der Waals surface area contributed by atoms with Crippen LogP contribution in [0.25, 0.3) is 12.2 Å². The highest BCUT2D eigenvalue weighted by Crippen LogP contribution is 2.33. The van der Waals surface area contributed by atoms with Crippen molar-refractivity contribution in [3.63, 3.8) is 0 Å². The molecule has 1 amide bonds. The summed E-state index contributed by atoms with van der Waals surface area (Å²) in [6.07, 6.45) is 7.64. The molecule has 0 N–H and O–H groups in total. The molecular formula is C24H18BrNO2. The number of benzene rings is 3. The maximum atomic E-state index is 13.1. The predicted molar refractivity (Wildman–Crippen MR) is 117 cm³/mol. The van der Waals surface area contributed by atoms with E-state index in [1.54, 1.807) is 17.0 Å². The van der Waals surface area contributed by atoms with Crippen molar-refractivity contribution in [3.8, 4) is 5.75 Å². The van der Waals surface area contributed by atoms with Gasteiger partial charge in [-0.2, -0.15) is 0 Å². The Bertz CT molecular complexity index is 1030. The molecular weight excluding hydrogens is 414 g/mol. The molecule has 28 heavy (non-hydrogen) atoms. The van der Waals surface area contributed by atoms with Gasteiger partial charge in [-0.3, -0.25) is 4.90 Å². The molecule has 3 aromatic carbocycles. The van der Waals surface area contributed by atoms with Gasteiger partial charge in [0.25, 0.3) is 0 Å². The van der Waals surface area contributed by atoms with Crippen molar-refractivity contribution in [1.82, 2.24) is 0 Å². The van der Waals surface area contributed by atoms with Gasteiger partial charge in [0.15, 0.2) is 0 Å². The molecule has 0 aromatic heterocycles. The second-order valence-electron chi connectivity index (χ2n) is 6.37. The minimum absolute atomic E-state index is 0.245. The van der Waals surface area contributed by atoms with E-state index in [2.05, 4.69) is 15.9 Å². The minimum atomic E-state index is -0.415. The third-order valence-electron chi connectivity index (χ3n) is 4.45. The summed E-state index contributed by atoms with van der Waals surface area (Å²) < 4.78 is 6.59. The highest BCUT2D eigenvalue weighted by molar-refractivity contribution is 9.10. The Morgan fingerprint density at radius 1 is 0.964 bits per heavy atom. The summed E-state index contributed by atoms with van der Waals surface area (Å²) >= 11 is 3.50. The van der Waals surface area contributed by atoms with Crippen LogP contribution < -0.4 is 9.64 Å². The molecule has 0 saturated heterocycles. The monoisotopic (exact) mass is 431 g/mol. The quantitative estimate of drug-likeness (QED) is 0.469. The number of nitrogens with zero attached hydrogens (tertiary/aromatic N) is 1. The van der Waals surface area contributed by atoms with Gasteiger partial charge in [0.1, 0.15) is 5.75 Å². The molecule has 0 spiro atoms. The molecule has 0 radical (unpaired) electrons. The topological polar surface area (TPSA) is 29.5 Å². The number of ether oxygens (including phenoxy) is 1. The number of rotatable bonds is 3. The lowest BCUT2D eigenvalue weighted by atomic mass is 10.0. The van der Waals surface area contributed by atoms with E-state index in [-0.39, 0.29) is 6.04 Å². The van der Waals surface area contributed by atoms with Crippen LogP contribution >= 0.6 is 15.9 Å².